The second-order valence-corrected chi connectivity index (χ2v) is 9.37. The Hall–Kier alpha value is -2.38. The lowest BCUT2D eigenvalue weighted by molar-refractivity contribution is -0.127. The summed E-state index contributed by atoms with van der Waals surface area (Å²) in [6.07, 6.45) is 6.96. The average molecular weight is 493 g/mol. The van der Waals surface area contributed by atoms with E-state index in [1.54, 1.807) is 6.92 Å². The van der Waals surface area contributed by atoms with Crippen LogP contribution >= 0.6 is 0 Å². The molecule has 2 fully saturated rings. The molecule has 190 valence electrons. The van der Waals surface area contributed by atoms with E-state index in [4.69, 9.17) is 14.2 Å². The second kappa shape index (κ2) is 11.6. The lowest BCUT2D eigenvalue weighted by Gasteiger charge is -2.37. The third kappa shape index (κ3) is 5.72. The van der Waals surface area contributed by atoms with Crippen LogP contribution in [0.1, 0.15) is 44.6 Å². The van der Waals surface area contributed by atoms with Crippen molar-refractivity contribution in [1.29, 1.82) is 0 Å². The highest BCUT2D eigenvalue weighted by Crippen LogP contribution is 2.34. The molecule has 2 aromatic carbocycles. The van der Waals surface area contributed by atoms with Crippen molar-refractivity contribution in [3.8, 4) is 16.9 Å². The monoisotopic (exact) mass is 492 g/mol. The molecule has 4 rings (SSSR count). The zero-order valence-corrected chi connectivity index (χ0v) is 20.0. The van der Waals surface area contributed by atoms with Gasteiger partial charge in [0.15, 0.2) is 23.2 Å². The summed E-state index contributed by atoms with van der Waals surface area (Å²) < 4.78 is 75.4. The maximum Gasteiger partial charge on any atom is 0.201 e. The molecule has 2 aromatic rings. The predicted molar refractivity (Wildman–Crippen MR) is 126 cm³/mol. The van der Waals surface area contributed by atoms with Crippen LogP contribution in [0, 0.1) is 35.1 Å². The number of rotatable bonds is 8. The lowest BCUT2D eigenvalue weighted by Crippen LogP contribution is -2.40. The van der Waals surface area contributed by atoms with Crippen LogP contribution in [0.4, 0.5) is 17.6 Å². The Morgan fingerprint density at radius 1 is 0.857 bits per heavy atom. The number of benzene rings is 2. The first-order valence-electron chi connectivity index (χ1n) is 12.4. The van der Waals surface area contributed by atoms with Gasteiger partial charge in [-0.1, -0.05) is 18.2 Å². The topological polar surface area (TPSA) is 27.7 Å². The van der Waals surface area contributed by atoms with E-state index < -0.39 is 23.3 Å². The quantitative estimate of drug-likeness (QED) is 0.293. The van der Waals surface area contributed by atoms with E-state index in [1.807, 2.05) is 6.08 Å². The molecule has 4 atom stereocenters. The Morgan fingerprint density at radius 3 is 2.11 bits per heavy atom. The van der Waals surface area contributed by atoms with Gasteiger partial charge >= 0.3 is 0 Å². The van der Waals surface area contributed by atoms with Crippen LogP contribution in [0.25, 0.3) is 11.1 Å². The van der Waals surface area contributed by atoms with E-state index in [1.165, 1.54) is 24.3 Å². The molecule has 2 heterocycles. The molecule has 4 unspecified atom stereocenters. The summed E-state index contributed by atoms with van der Waals surface area (Å²) in [6, 6.07) is 5.16. The van der Waals surface area contributed by atoms with Gasteiger partial charge in [0, 0.05) is 23.7 Å². The van der Waals surface area contributed by atoms with Crippen LogP contribution in [0.3, 0.4) is 0 Å². The summed E-state index contributed by atoms with van der Waals surface area (Å²) in [5.41, 5.74) is -0.447. The summed E-state index contributed by atoms with van der Waals surface area (Å²) in [5, 5.41) is 0. The third-order valence-electron chi connectivity index (χ3n) is 7.12. The molecule has 0 bridgehead atoms. The smallest absolute Gasteiger partial charge is 0.201 e. The van der Waals surface area contributed by atoms with Crippen LogP contribution in [-0.2, 0) is 15.9 Å². The molecule has 7 heteroatoms. The Bertz CT molecular complexity index is 1030. The van der Waals surface area contributed by atoms with Crippen LogP contribution in [0.15, 0.2) is 36.9 Å². The van der Waals surface area contributed by atoms with E-state index in [0.717, 1.165) is 25.7 Å². The molecule has 0 aliphatic carbocycles. The van der Waals surface area contributed by atoms with Crippen molar-refractivity contribution >= 4 is 0 Å². The minimum atomic E-state index is -1.27. The molecular formula is C28H32F4O3. The molecule has 2 aliphatic rings. The minimum Gasteiger partial charge on any atom is -0.491 e. The van der Waals surface area contributed by atoms with Crippen molar-refractivity contribution in [1.82, 2.24) is 0 Å². The summed E-state index contributed by atoms with van der Waals surface area (Å²) in [5.74, 6) is -4.31. The normalized spacial score (nSPS) is 24.8. The molecule has 0 saturated carbocycles. The molecule has 0 spiro atoms. The van der Waals surface area contributed by atoms with Crippen molar-refractivity contribution in [3.05, 3.63) is 65.8 Å². The van der Waals surface area contributed by atoms with Crippen molar-refractivity contribution in [2.24, 2.45) is 11.8 Å². The molecular weight excluding hydrogens is 460 g/mol. The zero-order valence-electron chi connectivity index (χ0n) is 20.0. The average Bonchev–Trinajstić information content (AvgIpc) is 2.89. The first kappa shape index (κ1) is 25.7. The Morgan fingerprint density at radius 2 is 1.51 bits per heavy atom. The Labute approximate surface area is 204 Å². The molecule has 0 amide bonds. The maximum absolute atomic E-state index is 14.8. The van der Waals surface area contributed by atoms with E-state index >= 15 is 0 Å². The zero-order chi connectivity index (χ0) is 24.9. The van der Waals surface area contributed by atoms with Gasteiger partial charge in [0.2, 0.25) is 5.82 Å². The van der Waals surface area contributed by atoms with Gasteiger partial charge < -0.3 is 14.2 Å². The van der Waals surface area contributed by atoms with Gasteiger partial charge in [0.25, 0.3) is 0 Å². The summed E-state index contributed by atoms with van der Waals surface area (Å²) in [6.45, 7) is 6.87. The van der Waals surface area contributed by atoms with Crippen LogP contribution in [0.5, 0.6) is 5.75 Å². The van der Waals surface area contributed by atoms with Crippen molar-refractivity contribution in [3.63, 3.8) is 0 Å². The summed E-state index contributed by atoms with van der Waals surface area (Å²) >= 11 is 0. The maximum atomic E-state index is 14.8. The molecule has 2 saturated heterocycles. The van der Waals surface area contributed by atoms with Gasteiger partial charge in [-0.15, -0.1) is 6.58 Å². The number of ether oxygens (including phenoxy) is 3. The van der Waals surface area contributed by atoms with Gasteiger partial charge in [-0.3, -0.25) is 0 Å². The van der Waals surface area contributed by atoms with Crippen LogP contribution < -0.4 is 4.74 Å². The molecule has 3 nitrogen and oxygen atoms in total. The number of aryl methyl sites for hydroxylation is 1. The number of halogens is 4. The first-order chi connectivity index (χ1) is 16.9. The lowest BCUT2D eigenvalue weighted by atomic mass is 9.88. The number of hydrogen-bond acceptors (Lipinski definition) is 3. The fourth-order valence-electron chi connectivity index (χ4n) is 4.98. The summed E-state index contributed by atoms with van der Waals surface area (Å²) in [4.78, 5) is 0. The Balaban J connectivity index is 1.35. The van der Waals surface area contributed by atoms with E-state index in [0.29, 0.717) is 32.0 Å². The first-order valence-corrected chi connectivity index (χ1v) is 12.4. The largest absolute Gasteiger partial charge is 0.491 e. The molecule has 35 heavy (non-hydrogen) atoms. The molecule has 0 radical (unpaired) electrons. The van der Waals surface area contributed by atoms with Crippen molar-refractivity contribution < 1.29 is 31.8 Å². The highest BCUT2D eigenvalue weighted by Gasteiger charge is 2.32. The number of hydrogen-bond donors (Lipinski definition) is 0. The van der Waals surface area contributed by atoms with Gasteiger partial charge in [-0.25, -0.2) is 13.2 Å². The van der Waals surface area contributed by atoms with Crippen molar-refractivity contribution in [2.45, 2.75) is 57.7 Å². The van der Waals surface area contributed by atoms with E-state index in [2.05, 4.69) is 6.58 Å². The molecule has 0 N–H and O–H groups in total. The molecule has 2 aliphatic heterocycles. The van der Waals surface area contributed by atoms with Crippen LogP contribution in [0.2, 0.25) is 0 Å². The second-order valence-electron chi connectivity index (χ2n) is 9.37. The van der Waals surface area contributed by atoms with Gasteiger partial charge in [-0.2, -0.15) is 4.39 Å². The van der Waals surface area contributed by atoms with Gasteiger partial charge in [0.05, 0.1) is 25.4 Å². The minimum absolute atomic E-state index is 0.0786. The van der Waals surface area contributed by atoms with Crippen LogP contribution in [-0.4, -0.2) is 32.0 Å². The van der Waals surface area contributed by atoms with Gasteiger partial charge in [0.1, 0.15) is 0 Å². The fraction of sp³-hybridized carbons (Fsp3) is 0.500. The summed E-state index contributed by atoms with van der Waals surface area (Å²) in [7, 11) is 0. The van der Waals surface area contributed by atoms with Gasteiger partial charge in [-0.05, 0) is 69.1 Å². The third-order valence-corrected chi connectivity index (χ3v) is 7.12. The molecule has 0 aromatic heterocycles. The fourth-order valence-corrected chi connectivity index (χ4v) is 4.98. The van der Waals surface area contributed by atoms with E-state index in [9.17, 15) is 17.6 Å². The highest BCUT2D eigenvalue weighted by atomic mass is 19.2. The van der Waals surface area contributed by atoms with Crippen molar-refractivity contribution in [2.75, 3.05) is 19.8 Å². The standard InChI is InChI=1S/C28H32F4O3/c1-3-17-6-12-22(34-15-17)23-13-7-18(16-35-23)5-8-19-9-10-20(26(30)25(19)29)21-11-14-24(33-4-2)28(32)27(21)31/h3,9-11,14,17-18,22-23H,1,4-8,12-13,15-16H2,2H3. The highest BCUT2D eigenvalue weighted by molar-refractivity contribution is 5.66. The SMILES string of the molecule is C=CC1CCC(C2CCC(CCc3ccc(-c4ccc(OCC)c(F)c4F)c(F)c3F)CO2)OC1. The Kier molecular flexibility index (Phi) is 8.50. The predicted octanol–water partition coefficient (Wildman–Crippen LogP) is 7.02. The van der Waals surface area contributed by atoms with E-state index in [-0.39, 0.29) is 47.2 Å².